The fourth-order valence-electron chi connectivity index (χ4n) is 1.30. The zero-order valence-corrected chi connectivity index (χ0v) is 5.94. The number of halogens is 1. The van der Waals surface area contributed by atoms with Crippen molar-refractivity contribution in [3.05, 3.63) is 0 Å². The Bertz CT molecular complexity index is 83.0. The summed E-state index contributed by atoms with van der Waals surface area (Å²) in [4.78, 5) is 2.19. The van der Waals surface area contributed by atoms with Crippen LogP contribution in [-0.4, -0.2) is 30.7 Å². The maximum absolute atomic E-state index is 12.5. The van der Waals surface area contributed by atoms with Gasteiger partial charge in [-0.3, -0.25) is 0 Å². The summed E-state index contributed by atoms with van der Waals surface area (Å²) in [5.74, 6) is 0. The number of likely N-dealkylation sites (tertiary alicyclic amines) is 1. The standard InChI is InChI=1S/C7H14FN/c1-2-4-9-5-3-7(8)6-9/h7H,2-6H2,1H3. The molecule has 2 heteroatoms. The van der Waals surface area contributed by atoms with Gasteiger partial charge in [0.15, 0.2) is 0 Å². The van der Waals surface area contributed by atoms with Crippen molar-refractivity contribution < 1.29 is 4.39 Å². The Morgan fingerprint density at radius 2 is 2.44 bits per heavy atom. The van der Waals surface area contributed by atoms with E-state index in [0.29, 0.717) is 6.54 Å². The van der Waals surface area contributed by atoms with Gasteiger partial charge in [0.25, 0.3) is 0 Å². The topological polar surface area (TPSA) is 3.24 Å². The summed E-state index contributed by atoms with van der Waals surface area (Å²) in [6.45, 7) is 4.84. The molecule has 0 aliphatic carbocycles. The number of nitrogens with zero attached hydrogens (tertiary/aromatic N) is 1. The third-order valence-corrected chi connectivity index (χ3v) is 1.75. The van der Waals surface area contributed by atoms with Gasteiger partial charge < -0.3 is 4.90 Å². The molecule has 1 nitrogen and oxygen atoms in total. The average molecular weight is 131 g/mol. The summed E-state index contributed by atoms with van der Waals surface area (Å²) in [7, 11) is 0. The van der Waals surface area contributed by atoms with Crippen LogP contribution in [0.3, 0.4) is 0 Å². The van der Waals surface area contributed by atoms with Crippen molar-refractivity contribution >= 4 is 0 Å². The molecule has 1 atom stereocenters. The molecule has 9 heavy (non-hydrogen) atoms. The monoisotopic (exact) mass is 131 g/mol. The van der Waals surface area contributed by atoms with Crippen LogP contribution in [0.5, 0.6) is 0 Å². The Morgan fingerprint density at radius 3 is 2.89 bits per heavy atom. The predicted octanol–water partition coefficient (Wildman–Crippen LogP) is 1.44. The Kier molecular flexibility index (Phi) is 2.46. The molecule has 1 aliphatic rings. The average Bonchev–Trinajstić information content (AvgIpc) is 2.17. The lowest BCUT2D eigenvalue weighted by molar-refractivity contribution is 0.288. The van der Waals surface area contributed by atoms with Gasteiger partial charge in [0.2, 0.25) is 0 Å². The van der Waals surface area contributed by atoms with Crippen LogP contribution in [0.15, 0.2) is 0 Å². The molecule has 1 heterocycles. The van der Waals surface area contributed by atoms with Crippen molar-refractivity contribution in [3.63, 3.8) is 0 Å². The number of hydrogen-bond donors (Lipinski definition) is 0. The summed E-state index contributed by atoms with van der Waals surface area (Å²) in [6, 6.07) is 0. The van der Waals surface area contributed by atoms with Gasteiger partial charge >= 0.3 is 0 Å². The summed E-state index contributed by atoms with van der Waals surface area (Å²) < 4.78 is 12.5. The van der Waals surface area contributed by atoms with E-state index in [4.69, 9.17) is 0 Å². The largest absolute Gasteiger partial charge is 0.300 e. The second-order valence-corrected chi connectivity index (χ2v) is 2.69. The van der Waals surface area contributed by atoms with Gasteiger partial charge in [0, 0.05) is 13.1 Å². The van der Waals surface area contributed by atoms with Crippen molar-refractivity contribution in [1.82, 2.24) is 4.90 Å². The third kappa shape index (κ3) is 1.94. The number of hydrogen-bond acceptors (Lipinski definition) is 1. The molecule has 0 aromatic carbocycles. The second-order valence-electron chi connectivity index (χ2n) is 2.69. The normalized spacial score (nSPS) is 29.3. The Balaban J connectivity index is 2.14. The zero-order chi connectivity index (χ0) is 6.69. The van der Waals surface area contributed by atoms with E-state index in [1.165, 1.54) is 0 Å². The molecule has 1 unspecified atom stereocenters. The van der Waals surface area contributed by atoms with Gasteiger partial charge in [0.05, 0.1) is 0 Å². The van der Waals surface area contributed by atoms with Gasteiger partial charge in [-0.05, 0) is 19.4 Å². The fraction of sp³-hybridized carbons (Fsp3) is 1.00. The number of rotatable bonds is 2. The molecule has 0 bridgehead atoms. The predicted molar refractivity (Wildman–Crippen MR) is 36.2 cm³/mol. The molecule has 54 valence electrons. The highest BCUT2D eigenvalue weighted by atomic mass is 19.1. The Morgan fingerprint density at radius 1 is 1.67 bits per heavy atom. The maximum atomic E-state index is 12.5. The van der Waals surface area contributed by atoms with E-state index in [-0.39, 0.29) is 0 Å². The van der Waals surface area contributed by atoms with Crippen LogP contribution >= 0.6 is 0 Å². The smallest absolute Gasteiger partial charge is 0.114 e. The molecule has 0 radical (unpaired) electrons. The summed E-state index contributed by atoms with van der Waals surface area (Å²) in [5, 5.41) is 0. The van der Waals surface area contributed by atoms with E-state index >= 15 is 0 Å². The van der Waals surface area contributed by atoms with E-state index in [0.717, 1.165) is 25.9 Å². The quantitative estimate of drug-likeness (QED) is 0.548. The maximum Gasteiger partial charge on any atom is 0.114 e. The fourth-order valence-corrected chi connectivity index (χ4v) is 1.30. The van der Waals surface area contributed by atoms with E-state index in [2.05, 4.69) is 11.8 Å². The van der Waals surface area contributed by atoms with Crippen LogP contribution in [0.25, 0.3) is 0 Å². The van der Waals surface area contributed by atoms with E-state index in [9.17, 15) is 4.39 Å². The second kappa shape index (κ2) is 3.16. The molecule has 0 N–H and O–H groups in total. The molecule has 0 spiro atoms. The van der Waals surface area contributed by atoms with Crippen LogP contribution in [0.1, 0.15) is 19.8 Å². The summed E-state index contributed by atoms with van der Waals surface area (Å²) in [5.41, 5.74) is 0. The highest BCUT2D eigenvalue weighted by molar-refractivity contribution is 4.73. The van der Waals surface area contributed by atoms with Crippen LogP contribution in [-0.2, 0) is 0 Å². The van der Waals surface area contributed by atoms with E-state index in [1.807, 2.05) is 0 Å². The third-order valence-electron chi connectivity index (χ3n) is 1.75. The van der Waals surface area contributed by atoms with Gasteiger partial charge in [0.1, 0.15) is 6.17 Å². The minimum absolute atomic E-state index is 0.545. The van der Waals surface area contributed by atoms with Crippen molar-refractivity contribution in [2.45, 2.75) is 25.9 Å². The van der Waals surface area contributed by atoms with E-state index < -0.39 is 6.17 Å². The van der Waals surface area contributed by atoms with Crippen molar-refractivity contribution in [2.75, 3.05) is 19.6 Å². The lowest BCUT2D eigenvalue weighted by Gasteiger charge is -2.11. The Labute approximate surface area is 55.8 Å². The summed E-state index contributed by atoms with van der Waals surface area (Å²) in [6.07, 6.45) is 1.35. The first kappa shape index (κ1) is 7.00. The number of alkyl halides is 1. The molecule has 0 saturated carbocycles. The van der Waals surface area contributed by atoms with Gasteiger partial charge in [-0.15, -0.1) is 0 Å². The first-order valence-electron chi connectivity index (χ1n) is 3.69. The van der Waals surface area contributed by atoms with Crippen LogP contribution < -0.4 is 0 Å². The van der Waals surface area contributed by atoms with Crippen LogP contribution in [0, 0.1) is 0 Å². The minimum Gasteiger partial charge on any atom is -0.300 e. The molecule has 0 aromatic heterocycles. The SMILES string of the molecule is CCCN1CCC(F)C1. The van der Waals surface area contributed by atoms with E-state index in [1.54, 1.807) is 0 Å². The molecule has 1 rings (SSSR count). The van der Waals surface area contributed by atoms with Gasteiger partial charge in [-0.1, -0.05) is 6.92 Å². The first-order valence-corrected chi connectivity index (χ1v) is 3.69. The van der Waals surface area contributed by atoms with Gasteiger partial charge in [-0.2, -0.15) is 0 Å². The molecular weight excluding hydrogens is 117 g/mol. The van der Waals surface area contributed by atoms with Gasteiger partial charge in [-0.25, -0.2) is 4.39 Å². The first-order chi connectivity index (χ1) is 4.33. The van der Waals surface area contributed by atoms with Crippen LogP contribution in [0.4, 0.5) is 4.39 Å². The Hall–Kier alpha value is -0.110. The minimum atomic E-state index is -0.545. The van der Waals surface area contributed by atoms with Crippen molar-refractivity contribution in [3.8, 4) is 0 Å². The zero-order valence-electron chi connectivity index (χ0n) is 5.94. The highest BCUT2D eigenvalue weighted by Crippen LogP contribution is 2.11. The summed E-state index contributed by atoms with van der Waals surface area (Å²) >= 11 is 0. The molecule has 1 saturated heterocycles. The lowest BCUT2D eigenvalue weighted by Crippen LogP contribution is -2.21. The molecule has 0 amide bonds. The molecular formula is C7H14FN. The molecule has 1 fully saturated rings. The van der Waals surface area contributed by atoms with Crippen molar-refractivity contribution in [1.29, 1.82) is 0 Å². The van der Waals surface area contributed by atoms with Crippen LogP contribution in [0.2, 0.25) is 0 Å². The highest BCUT2D eigenvalue weighted by Gasteiger charge is 2.19. The molecule has 1 aliphatic heterocycles. The molecule has 0 aromatic rings. The lowest BCUT2D eigenvalue weighted by atomic mass is 10.3. The van der Waals surface area contributed by atoms with Crippen molar-refractivity contribution in [2.24, 2.45) is 0 Å².